The van der Waals surface area contributed by atoms with Gasteiger partial charge in [-0.2, -0.15) is 26.3 Å². The van der Waals surface area contributed by atoms with Crippen LogP contribution in [-0.4, -0.2) is 59.8 Å². The summed E-state index contributed by atoms with van der Waals surface area (Å²) < 4.78 is 80.5. The molecule has 0 bridgehead atoms. The van der Waals surface area contributed by atoms with Crippen LogP contribution in [0.5, 0.6) is 0 Å². The summed E-state index contributed by atoms with van der Waals surface area (Å²) in [5, 5.41) is 14.3. The minimum Gasteiger partial charge on any atom is -0.395 e. The lowest BCUT2D eigenvalue weighted by atomic mass is 9.93. The number of aliphatic hydroxyl groups excluding tert-OH is 1. The number of aromatic nitrogens is 1. The number of amides is 1. The standard InChI is InChI=1S/C27H25F6N5O2/c28-26(29,30)18-6-9-23(37-15-18)36-14-17-10-11-34-21-8-5-16(4-7-19(17)21)24-20(27(31,32)33)2-1-3-22(38-24)25(40)35-12-13-39/h1,3-4,6-7,9-11,15,21,39H,2,5,8,12-14H2,(H,35,40)(H,36,37). The zero-order valence-electron chi connectivity index (χ0n) is 21.0. The lowest BCUT2D eigenvalue weighted by Crippen LogP contribution is -2.32. The highest BCUT2D eigenvalue weighted by atomic mass is 19.4. The Hall–Kier alpha value is -4.00. The van der Waals surface area contributed by atoms with Crippen LogP contribution in [0.15, 0.2) is 86.7 Å². The van der Waals surface area contributed by atoms with Crippen molar-refractivity contribution in [2.45, 2.75) is 37.7 Å². The van der Waals surface area contributed by atoms with Crippen LogP contribution in [0.25, 0.3) is 0 Å². The van der Waals surface area contributed by atoms with Crippen molar-refractivity contribution in [3.63, 3.8) is 0 Å². The Morgan fingerprint density at radius 3 is 2.55 bits per heavy atom. The monoisotopic (exact) mass is 565 g/mol. The molecule has 3 N–H and O–H groups in total. The number of dihydropyridines is 1. The van der Waals surface area contributed by atoms with Crippen LogP contribution in [-0.2, 0) is 11.0 Å². The van der Waals surface area contributed by atoms with E-state index in [1.54, 1.807) is 24.4 Å². The van der Waals surface area contributed by atoms with Gasteiger partial charge in [0.25, 0.3) is 5.91 Å². The second-order valence-electron chi connectivity index (χ2n) is 9.05. The number of hydrogen-bond acceptors (Lipinski definition) is 6. The molecule has 0 fully saturated rings. The smallest absolute Gasteiger partial charge is 0.395 e. The lowest BCUT2D eigenvalue weighted by Gasteiger charge is -2.22. The van der Waals surface area contributed by atoms with Crippen molar-refractivity contribution in [1.29, 1.82) is 0 Å². The maximum absolute atomic E-state index is 14.0. The molecule has 1 aromatic rings. The molecule has 40 heavy (non-hydrogen) atoms. The number of fused-ring (bicyclic) bond motifs is 1. The van der Waals surface area contributed by atoms with Crippen LogP contribution < -0.4 is 10.6 Å². The average molecular weight is 566 g/mol. The van der Waals surface area contributed by atoms with Gasteiger partial charge in [0, 0.05) is 25.5 Å². The molecule has 1 amide bonds. The molecule has 1 atom stereocenters. The first kappa shape index (κ1) is 29.0. The van der Waals surface area contributed by atoms with Gasteiger partial charge in [-0.1, -0.05) is 18.2 Å². The van der Waals surface area contributed by atoms with Crippen molar-refractivity contribution < 1.29 is 36.2 Å². The molecule has 0 radical (unpaired) electrons. The number of anilines is 1. The number of allylic oxidation sites excluding steroid dienone is 6. The molecular weight excluding hydrogens is 540 g/mol. The number of aliphatic imine (C=N–C) groups is 2. The second-order valence-corrected chi connectivity index (χ2v) is 9.05. The predicted molar refractivity (Wildman–Crippen MR) is 138 cm³/mol. The van der Waals surface area contributed by atoms with E-state index < -0.39 is 35.8 Å². The van der Waals surface area contributed by atoms with Crippen molar-refractivity contribution in [3.05, 3.63) is 82.3 Å². The van der Waals surface area contributed by atoms with Crippen LogP contribution in [0.4, 0.5) is 32.2 Å². The van der Waals surface area contributed by atoms with E-state index in [1.165, 1.54) is 18.2 Å². The number of pyridine rings is 1. The fraction of sp³-hybridized carbons (Fsp3) is 0.333. The van der Waals surface area contributed by atoms with Crippen molar-refractivity contribution in [1.82, 2.24) is 10.3 Å². The van der Waals surface area contributed by atoms with Gasteiger partial charge in [0.2, 0.25) is 0 Å². The molecule has 0 spiro atoms. The first-order valence-electron chi connectivity index (χ1n) is 12.3. The van der Waals surface area contributed by atoms with E-state index in [0.717, 1.165) is 23.4 Å². The normalized spacial score (nSPS) is 19.5. The molecule has 1 aliphatic carbocycles. The van der Waals surface area contributed by atoms with E-state index in [4.69, 9.17) is 5.11 Å². The minimum absolute atomic E-state index is 0.0729. The maximum atomic E-state index is 14.0. The summed E-state index contributed by atoms with van der Waals surface area (Å²) >= 11 is 0. The van der Waals surface area contributed by atoms with Crippen molar-refractivity contribution in [3.8, 4) is 0 Å². The van der Waals surface area contributed by atoms with Crippen LogP contribution in [0.1, 0.15) is 24.8 Å². The number of alkyl halides is 6. The summed E-state index contributed by atoms with van der Waals surface area (Å²) in [7, 11) is 0. The molecule has 3 heterocycles. The average Bonchev–Trinajstić information content (AvgIpc) is 3.27. The van der Waals surface area contributed by atoms with Gasteiger partial charge in [0.1, 0.15) is 11.5 Å². The third kappa shape index (κ3) is 6.95. The van der Waals surface area contributed by atoms with E-state index in [1.807, 2.05) is 0 Å². The highest BCUT2D eigenvalue weighted by Crippen LogP contribution is 2.39. The third-order valence-electron chi connectivity index (χ3n) is 6.37. The fourth-order valence-corrected chi connectivity index (χ4v) is 4.36. The molecule has 0 saturated carbocycles. The molecule has 13 heteroatoms. The number of rotatable bonds is 7. The van der Waals surface area contributed by atoms with Crippen LogP contribution in [0.2, 0.25) is 0 Å². The fourth-order valence-electron chi connectivity index (χ4n) is 4.36. The number of nitrogens with one attached hydrogen (secondary N) is 2. The number of nitrogens with zero attached hydrogens (tertiary/aromatic N) is 3. The highest BCUT2D eigenvalue weighted by Gasteiger charge is 2.38. The van der Waals surface area contributed by atoms with Gasteiger partial charge in [0.05, 0.1) is 29.5 Å². The van der Waals surface area contributed by atoms with E-state index in [2.05, 4.69) is 25.6 Å². The molecule has 2 aliphatic heterocycles. The van der Waals surface area contributed by atoms with E-state index in [0.29, 0.717) is 6.42 Å². The highest BCUT2D eigenvalue weighted by molar-refractivity contribution is 6.43. The zero-order valence-corrected chi connectivity index (χ0v) is 21.0. The largest absolute Gasteiger partial charge is 0.417 e. The summed E-state index contributed by atoms with van der Waals surface area (Å²) in [6.45, 7) is -0.209. The zero-order chi connectivity index (χ0) is 28.9. The van der Waals surface area contributed by atoms with Crippen molar-refractivity contribution in [2.24, 2.45) is 9.98 Å². The Kier molecular flexibility index (Phi) is 8.72. The number of carbonyl (C=O) groups excluding carboxylic acids is 1. The Morgan fingerprint density at radius 1 is 1.07 bits per heavy atom. The van der Waals surface area contributed by atoms with Gasteiger partial charge in [-0.25, -0.2) is 9.98 Å². The van der Waals surface area contributed by atoms with E-state index in [9.17, 15) is 31.1 Å². The maximum Gasteiger partial charge on any atom is 0.417 e. The summed E-state index contributed by atoms with van der Waals surface area (Å²) in [5.74, 6) is -0.476. The number of halogens is 6. The second kappa shape index (κ2) is 12.0. The minimum atomic E-state index is -4.69. The predicted octanol–water partition coefficient (Wildman–Crippen LogP) is 4.86. The molecule has 7 nitrogen and oxygen atoms in total. The number of aliphatic hydroxyl groups is 1. The Morgan fingerprint density at radius 2 is 1.88 bits per heavy atom. The number of hydrogen-bond donors (Lipinski definition) is 3. The molecule has 4 rings (SSSR count). The Labute approximate surface area is 225 Å². The van der Waals surface area contributed by atoms with Gasteiger partial charge in [-0.3, -0.25) is 9.79 Å². The summed E-state index contributed by atoms with van der Waals surface area (Å²) in [6, 6.07) is 1.78. The Bertz CT molecular complexity index is 1350. The van der Waals surface area contributed by atoms with Gasteiger partial charge in [0.15, 0.2) is 0 Å². The van der Waals surface area contributed by atoms with Crippen LogP contribution in [0, 0.1) is 0 Å². The van der Waals surface area contributed by atoms with E-state index >= 15 is 0 Å². The molecule has 1 unspecified atom stereocenters. The van der Waals surface area contributed by atoms with Crippen LogP contribution >= 0.6 is 0 Å². The lowest BCUT2D eigenvalue weighted by molar-refractivity contribution is -0.137. The third-order valence-corrected chi connectivity index (χ3v) is 6.37. The SMILES string of the molecule is O=C(NCCO)C1=NC(C2=CC=C3C(CNc4ccc(C(F)(F)F)cn4)=CC=NC3CC2)=C(C(F)(F)F)CC=C1. The molecular formula is C27H25F6N5O2. The summed E-state index contributed by atoms with van der Waals surface area (Å²) in [6.07, 6.45) is 0.615. The molecule has 0 saturated heterocycles. The van der Waals surface area contributed by atoms with Crippen LogP contribution in [0.3, 0.4) is 0 Å². The first-order valence-corrected chi connectivity index (χ1v) is 12.3. The van der Waals surface area contributed by atoms with Gasteiger partial charge in [-0.15, -0.1) is 0 Å². The summed E-state index contributed by atoms with van der Waals surface area (Å²) in [5.41, 5.74) is -0.505. The number of carbonyl (C=O) groups is 1. The molecule has 3 aliphatic rings. The molecule has 0 aromatic carbocycles. The first-order chi connectivity index (χ1) is 19.0. The molecule has 212 valence electrons. The Balaban J connectivity index is 1.61. The van der Waals surface area contributed by atoms with Gasteiger partial charge < -0.3 is 15.7 Å². The topological polar surface area (TPSA) is 99.0 Å². The van der Waals surface area contributed by atoms with Gasteiger partial charge in [-0.05, 0) is 60.3 Å². The van der Waals surface area contributed by atoms with Gasteiger partial charge >= 0.3 is 12.4 Å². The molecule has 1 aromatic heterocycles. The summed E-state index contributed by atoms with van der Waals surface area (Å²) in [4.78, 5) is 24.8. The van der Waals surface area contributed by atoms with E-state index in [-0.39, 0.29) is 55.0 Å². The van der Waals surface area contributed by atoms with Crippen molar-refractivity contribution in [2.75, 3.05) is 25.0 Å². The quantitative estimate of drug-likeness (QED) is 0.411. The van der Waals surface area contributed by atoms with Crippen molar-refractivity contribution >= 4 is 23.7 Å².